The van der Waals surface area contributed by atoms with Gasteiger partial charge >= 0.3 is 0 Å². The van der Waals surface area contributed by atoms with Crippen LogP contribution in [0, 0.1) is 0 Å². The maximum atomic E-state index is 12.7. The zero-order chi connectivity index (χ0) is 14.3. The molecule has 0 amide bonds. The number of nitrogens with two attached hydrogens (primary N) is 1. The second kappa shape index (κ2) is 4.60. The van der Waals surface area contributed by atoms with Crippen LogP contribution in [0.3, 0.4) is 0 Å². The van der Waals surface area contributed by atoms with Gasteiger partial charge in [0.05, 0.1) is 11.9 Å². The lowest BCUT2D eigenvalue weighted by Gasteiger charge is -2.33. The molecule has 0 radical (unpaired) electrons. The molecule has 2 N–H and O–H groups in total. The van der Waals surface area contributed by atoms with Crippen LogP contribution in [0.5, 0.6) is 0 Å². The van der Waals surface area contributed by atoms with E-state index in [4.69, 9.17) is 5.73 Å². The summed E-state index contributed by atoms with van der Waals surface area (Å²) in [4.78, 5) is 0.184. The smallest absolute Gasteiger partial charge is 0.267 e. The number of rotatable bonds is 2. The van der Waals surface area contributed by atoms with Crippen molar-refractivity contribution in [1.29, 1.82) is 0 Å². The van der Waals surface area contributed by atoms with Crippen molar-refractivity contribution >= 4 is 15.7 Å². The highest BCUT2D eigenvalue weighted by atomic mass is 32.2. The van der Waals surface area contributed by atoms with Crippen LogP contribution in [0.4, 0.5) is 5.69 Å². The molecule has 1 aromatic heterocycles. The first-order valence-electron chi connectivity index (χ1n) is 6.33. The van der Waals surface area contributed by atoms with Gasteiger partial charge in [0.25, 0.3) is 10.0 Å². The zero-order valence-electron chi connectivity index (χ0n) is 11.1. The van der Waals surface area contributed by atoms with E-state index in [2.05, 4.69) is 5.10 Å². The van der Waals surface area contributed by atoms with Crippen LogP contribution in [0.2, 0.25) is 0 Å². The van der Waals surface area contributed by atoms with Crippen LogP contribution in [0.25, 0.3) is 0 Å². The Bertz CT molecular complexity index is 738. The Morgan fingerprint density at radius 3 is 2.80 bits per heavy atom. The quantitative estimate of drug-likeness (QED) is 0.874. The highest BCUT2D eigenvalue weighted by Gasteiger charge is 2.32. The normalized spacial score (nSPS) is 18.9. The number of sulfonamides is 1. The first-order chi connectivity index (χ1) is 9.48. The summed E-state index contributed by atoms with van der Waals surface area (Å²) in [6, 6.07) is 7.26. The molecule has 1 aromatic carbocycles. The van der Waals surface area contributed by atoms with E-state index in [1.54, 1.807) is 7.05 Å². The monoisotopic (exact) mass is 292 g/mol. The van der Waals surface area contributed by atoms with Crippen molar-refractivity contribution < 1.29 is 8.42 Å². The van der Waals surface area contributed by atoms with Crippen molar-refractivity contribution in [3.63, 3.8) is 0 Å². The summed E-state index contributed by atoms with van der Waals surface area (Å²) in [6.45, 7) is 0.286. The standard InChI is InChI=1S/C13H16N4O2S/c1-16-9-12(7-15-16)20(18,19)17-8-11(14)6-10-4-2-3-5-13(10)17/h2-5,7,9,11H,6,8,14H2,1H3. The second-order valence-corrected chi connectivity index (χ2v) is 6.84. The van der Waals surface area contributed by atoms with E-state index >= 15 is 0 Å². The van der Waals surface area contributed by atoms with Gasteiger partial charge in [-0.25, -0.2) is 8.42 Å². The molecule has 7 heteroatoms. The lowest BCUT2D eigenvalue weighted by Crippen LogP contribution is -2.46. The second-order valence-electron chi connectivity index (χ2n) is 4.98. The van der Waals surface area contributed by atoms with Gasteiger partial charge in [0.2, 0.25) is 0 Å². The molecule has 1 aliphatic rings. The molecule has 1 atom stereocenters. The van der Waals surface area contributed by atoms with Crippen molar-refractivity contribution in [2.75, 3.05) is 10.8 Å². The molecule has 0 fully saturated rings. The van der Waals surface area contributed by atoms with E-state index in [0.29, 0.717) is 12.1 Å². The molecule has 0 saturated heterocycles. The summed E-state index contributed by atoms with van der Waals surface area (Å²) in [5.41, 5.74) is 7.66. The number of hydrogen-bond acceptors (Lipinski definition) is 4. The Kier molecular flexibility index (Phi) is 3.02. The molecule has 6 nitrogen and oxygen atoms in total. The number of anilines is 1. The maximum Gasteiger partial charge on any atom is 0.267 e. The third-order valence-corrected chi connectivity index (χ3v) is 5.14. The van der Waals surface area contributed by atoms with Gasteiger partial charge in [0, 0.05) is 25.8 Å². The van der Waals surface area contributed by atoms with Gasteiger partial charge in [-0.3, -0.25) is 8.99 Å². The highest BCUT2D eigenvalue weighted by Crippen LogP contribution is 2.31. The number of para-hydroxylation sites is 1. The molecule has 106 valence electrons. The Morgan fingerprint density at radius 2 is 2.10 bits per heavy atom. The fourth-order valence-corrected chi connectivity index (χ4v) is 4.02. The van der Waals surface area contributed by atoms with Gasteiger partial charge in [-0.05, 0) is 18.1 Å². The summed E-state index contributed by atoms with van der Waals surface area (Å²) in [7, 11) is -1.93. The third-order valence-electron chi connectivity index (χ3n) is 3.41. The van der Waals surface area contributed by atoms with Crippen molar-refractivity contribution in [2.24, 2.45) is 12.8 Å². The lowest BCUT2D eigenvalue weighted by atomic mass is 10.0. The summed E-state index contributed by atoms with van der Waals surface area (Å²) in [5, 5.41) is 3.93. The number of hydrogen-bond donors (Lipinski definition) is 1. The van der Waals surface area contributed by atoms with Crippen LogP contribution < -0.4 is 10.0 Å². The van der Waals surface area contributed by atoms with Crippen molar-refractivity contribution in [3.05, 3.63) is 42.2 Å². The molecule has 2 aromatic rings. The Labute approximate surface area is 117 Å². The minimum Gasteiger partial charge on any atom is -0.326 e. The SMILES string of the molecule is Cn1cc(S(=O)(=O)N2CC(N)Cc3ccccc32)cn1. The van der Waals surface area contributed by atoms with Crippen molar-refractivity contribution in [2.45, 2.75) is 17.4 Å². The first-order valence-corrected chi connectivity index (χ1v) is 7.77. The van der Waals surface area contributed by atoms with Crippen LogP contribution in [-0.4, -0.2) is 30.8 Å². The van der Waals surface area contributed by atoms with Gasteiger partial charge < -0.3 is 5.73 Å². The maximum absolute atomic E-state index is 12.7. The molecule has 0 saturated carbocycles. The Morgan fingerprint density at radius 1 is 1.35 bits per heavy atom. The van der Waals surface area contributed by atoms with Crippen molar-refractivity contribution in [1.82, 2.24) is 9.78 Å². The third kappa shape index (κ3) is 2.08. The van der Waals surface area contributed by atoms with Crippen LogP contribution in [-0.2, 0) is 23.5 Å². The summed E-state index contributed by atoms with van der Waals surface area (Å²) < 4.78 is 28.3. The van der Waals surface area contributed by atoms with E-state index in [1.807, 2.05) is 24.3 Å². The van der Waals surface area contributed by atoms with Gasteiger partial charge in [-0.1, -0.05) is 18.2 Å². The predicted octanol–water partition coefficient (Wildman–Crippen LogP) is 0.499. The topological polar surface area (TPSA) is 81.2 Å². The molecule has 0 spiro atoms. The molecule has 0 aliphatic carbocycles. The van der Waals surface area contributed by atoms with E-state index in [9.17, 15) is 8.42 Å². The average molecular weight is 292 g/mol. The van der Waals surface area contributed by atoms with Gasteiger partial charge in [-0.2, -0.15) is 5.10 Å². The number of fused-ring (bicyclic) bond motifs is 1. The average Bonchev–Trinajstić information content (AvgIpc) is 2.85. The molecule has 3 rings (SSSR count). The number of aryl methyl sites for hydroxylation is 1. The van der Waals surface area contributed by atoms with E-state index in [-0.39, 0.29) is 17.5 Å². The Hall–Kier alpha value is -1.86. The predicted molar refractivity (Wildman–Crippen MR) is 75.9 cm³/mol. The fraction of sp³-hybridized carbons (Fsp3) is 0.308. The lowest BCUT2D eigenvalue weighted by molar-refractivity contribution is 0.575. The summed E-state index contributed by atoms with van der Waals surface area (Å²) in [5.74, 6) is 0. The molecule has 1 aliphatic heterocycles. The minimum absolute atomic E-state index is 0.184. The van der Waals surface area contributed by atoms with Crippen LogP contribution >= 0.6 is 0 Å². The van der Waals surface area contributed by atoms with Gasteiger partial charge in [0.1, 0.15) is 4.90 Å². The molecular formula is C13H16N4O2S. The minimum atomic E-state index is -3.62. The number of benzene rings is 1. The van der Waals surface area contributed by atoms with Crippen LogP contribution in [0.1, 0.15) is 5.56 Å². The first kappa shape index (κ1) is 13.1. The molecular weight excluding hydrogens is 276 g/mol. The number of nitrogens with zero attached hydrogens (tertiary/aromatic N) is 3. The van der Waals surface area contributed by atoms with E-state index in [0.717, 1.165) is 5.56 Å². The Balaban J connectivity index is 2.10. The van der Waals surface area contributed by atoms with Gasteiger partial charge in [0.15, 0.2) is 0 Å². The summed E-state index contributed by atoms with van der Waals surface area (Å²) >= 11 is 0. The summed E-state index contributed by atoms with van der Waals surface area (Å²) in [6.07, 6.45) is 3.55. The number of aromatic nitrogens is 2. The molecule has 2 heterocycles. The van der Waals surface area contributed by atoms with E-state index < -0.39 is 10.0 Å². The molecule has 0 bridgehead atoms. The molecule has 1 unspecified atom stereocenters. The molecule has 20 heavy (non-hydrogen) atoms. The van der Waals surface area contributed by atoms with Crippen LogP contribution in [0.15, 0.2) is 41.6 Å². The van der Waals surface area contributed by atoms with E-state index in [1.165, 1.54) is 21.4 Å². The zero-order valence-corrected chi connectivity index (χ0v) is 11.9. The van der Waals surface area contributed by atoms with Crippen molar-refractivity contribution in [3.8, 4) is 0 Å². The highest BCUT2D eigenvalue weighted by molar-refractivity contribution is 7.92. The van der Waals surface area contributed by atoms with Gasteiger partial charge in [-0.15, -0.1) is 0 Å². The fourth-order valence-electron chi connectivity index (χ4n) is 2.47. The largest absolute Gasteiger partial charge is 0.326 e.